The molecule has 0 aliphatic carbocycles. The van der Waals surface area contributed by atoms with Crippen molar-refractivity contribution in [2.75, 3.05) is 7.11 Å². The van der Waals surface area contributed by atoms with Crippen molar-refractivity contribution in [2.45, 2.75) is 0 Å². The Labute approximate surface area is 126 Å². The Morgan fingerprint density at radius 1 is 1.14 bits per heavy atom. The molecule has 6 nitrogen and oxygen atoms in total. The first-order chi connectivity index (χ1) is 10.7. The van der Waals surface area contributed by atoms with Crippen molar-refractivity contribution < 1.29 is 9.66 Å². The number of rotatable bonds is 4. The number of aromatic nitrogens is 2. The molecular weight excluding hydrogens is 282 g/mol. The van der Waals surface area contributed by atoms with Crippen molar-refractivity contribution in [3.05, 3.63) is 64.8 Å². The van der Waals surface area contributed by atoms with Gasteiger partial charge in [0.1, 0.15) is 11.6 Å². The molecule has 1 N–H and O–H groups in total. The number of benzene rings is 2. The third kappa shape index (κ3) is 2.54. The van der Waals surface area contributed by atoms with Gasteiger partial charge in [0, 0.05) is 11.6 Å². The topological polar surface area (TPSA) is 81.1 Å². The molecule has 22 heavy (non-hydrogen) atoms. The molecule has 1 aromatic heterocycles. The van der Waals surface area contributed by atoms with Gasteiger partial charge in [-0.05, 0) is 30.3 Å². The van der Waals surface area contributed by atoms with Gasteiger partial charge >= 0.3 is 0 Å². The van der Waals surface area contributed by atoms with Crippen molar-refractivity contribution in [3.8, 4) is 28.4 Å². The summed E-state index contributed by atoms with van der Waals surface area (Å²) in [5, 5.41) is 11.1. The van der Waals surface area contributed by atoms with Crippen LogP contribution in [0, 0.1) is 10.1 Å². The lowest BCUT2D eigenvalue weighted by Crippen LogP contribution is -1.91. The highest BCUT2D eigenvalue weighted by Gasteiger charge is 2.16. The van der Waals surface area contributed by atoms with E-state index in [1.54, 1.807) is 31.5 Å². The Bertz CT molecular complexity index is 810. The average Bonchev–Trinajstić information content (AvgIpc) is 3.04. The van der Waals surface area contributed by atoms with E-state index in [1.165, 1.54) is 6.07 Å². The highest BCUT2D eigenvalue weighted by molar-refractivity contribution is 5.72. The van der Waals surface area contributed by atoms with Gasteiger partial charge in [0.15, 0.2) is 0 Å². The molecule has 1 heterocycles. The van der Waals surface area contributed by atoms with Gasteiger partial charge < -0.3 is 9.72 Å². The molecule has 0 atom stereocenters. The molecule has 0 radical (unpaired) electrons. The van der Waals surface area contributed by atoms with Crippen LogP contribution in [0.5, 0.6) is 5.75 Å². The molecule has 3 aromatic rings. The SMILES string of the molecule is COc1ccc(-c2ncc(-c3ccccc3[N+](=O)[O-])[nH]2)cc1. The molecule has 6 heteroatoms. The van der Waals surface area contributed by atoms with Crippen LogP contribution in [-0.4, -0.2) is 22.0 Å². The summed E-state index contributed by atoms with van der Waals surface area (Å²) >= 11 is 0. The van der Waals surface area contributed by atoms with Crippen molar-refractivity contribution in [1.29, 1.82) is 0 Å². The number of nitrogens with zero attached hydrogens (tertiary/aromatic N) is 2. The van der Waals surface area contributed by atoms with E-state index >= 15 is 0 Å². The van der Waals surface area contributed by atoms with Crippen LogP contribution in [-0.2, 0) is 0 Å². The predicted octanol–water partition coefficient (Wildman–Crippen LogP) is 3.66. The maximum absolute atomic E-state index is 11.1. The minimum atomic E-state index is -0.400. The summed E-state index contributed by atoms with van der Waals surface area (Å²) in [6, 6.07) is 14.0. The second kappa shape index (κ2) is 5.69. The van der Waals surface area contributed by atoms with Crippen LogP contribution >= 0.6 is 0 Å². The molecule has 0 saturated heterocycles. The zero-order valence-corrected chi connectivity index (χ0v) is 11.8. The standard InChI is InChI=1S/C16H13N3O3/c1-22-12-8-6-11(7-9-12)16-17-10-14(18-16)13-4-2-3-5-15(13)19(20)21/h2-10H,1H3,(H,17,18). The van der Waals surface area contributed by atoms with E-state index in [0.29, 0.717) is 17.1 Å². The lowest BCUT2D eigenvalue weighted by atomic mass is 10.1. The summed E-state index contributed by atoms with van der Waals surface area (Å²) in [4.78, 5) is 18.1. The van der Waals surface area contributed by atoms with E-state index in [-0.39, 0.29) is 5.69 Å². The zero-order valence-electron chi connectivity index (χ0n) is 11.8. The molecule has 0 unspecified atom stereocenters. The van der Waals surface area contributed by atoms with Crippen molar-refractivity contribution in [1.82, 2.24) is 9.97 Å². The number of nitrogens with one attached hydrogen (secondary N) is 1. The van der Waals surface area contributed by atoms with Gasteiger partial charge in [-0.15, -0.1) is 0 Å². The summed E-state index contributed by atoms with van der Waals surface area (Å²) in [5.74, 6) is 1.41. The van der Waals surface area contributed by atoms with Crippen LogP contribution in [0.15, 0.2) is 54.7 Å². The van der Waals surface area contributed by atoms with Crippen LogP contribution in [0.3, 0.4) is 0 Å². The fraction of sp³-hybridized carbons (Fsp3) is 0.0625. The summed E-state index contributed by atoms with van der Waals surface area (Å²) < 4.78 is 5.12. The first-order valence-corrected chi connectivity index (χ1v) is 6.62. The molecule has 0 amide bonds. The fourth-order valence-electron chi connectivity index (χ4n) is 2.21. The zero-order chi connectivity index (χ0) is 15.5. The van der Waals surface area contributed by atoms with E-state index in [1.807, 2.05) is 24.3 Å². The third-order valence-electron chi connectivity index (χ3n) is 3.33. The summed E-state index contributed by atoms with van der Waals surface area (Å²) in [6.07, 6.45) is 1.60. The molecule has 0 bridgehead atoms. The van der Waals surface area contributed by atoms with E-state index in [9.17, 15) is 10.1 Å². The maximum atomic E-state index is 11.1. The van der Waals surface area contributed by atoms with Gasteiger partial charge in [0.2, 0.25) is 0 Å². The molecule has 0 fully saturated rings. The highest BCUT2D eigenvalue weighted by Crippen LogP contribution is 2.30. The van der Waals surface area contributed by atoms with Crippen molar-refractivity contribution in [3.63, 3.8) is 0 Å². The number of nitro groups is 1. The molecule has 2 aromatic carbocycles. The maximum Gasteiger partial charge on any atom is 0.278 e. The smallest absolute Gasteiger partial charge is 0.278 e. The van der Waals surface area contributed by atoms with E-state index in [0.717, 1.165) is 11.3 Å². The van der Waals surface area contributed by atoms with E-state index < -0.39 is 4.92 Å². The molecule has 0 aliphatic heterocycles. The molecule has 0 aliphatic rings. The minimum absolute atomic E-state index is 0.0485. The Balaban J connectivity index is 1.98. The number of para-hydroxylation sites is 1. The second-order valence-electron chi connectivity index (χ2n) is 4.65. The average molecular weight is 295 g/mol. The predicted molar refractivity (Wildman–Crippen MR) is 82.7 cm³/mol. The van der Waals surface area contributed by atoms with Crippen LogP contribution in [0.2, 0.25) is 0 Å². The third-order valence-corrected chi connectivity index (χ3v) is 3.33. The van der Waals surface area contributed by atoms with Crippen molar-refractivity contribution in [2.24, 2.45) is 0 Å². The van der Waals surface area contributed by atoms with Crippen LogP contribution in [0.25, 0.3) is 22.6 Å². The van der Waals surface area contributed by atoms with Gasteiger partial charge in [-0.2, -0.15) is 0 Å². The number of hydrogen-bond donors (Lipinski definition) is 1. The van der Waals surface area contributed by atoms with Gasteiger partial charge in [0.05, 0.1) is 29.5 Å². The number of nitro benzene ring substituents is 1. The Morgan fingerprint density at radius 2 is 1.86 bits per heavy atom. The monoisotopic (exact) mass is 295 g/mol. The highest BCUT2D eigenvalue weighted by atomic mass is 16.6. The second-order valence-corrected chi connectivity index (χ2v) is 4.65. The number of methoxy groups -OCH3 is 1. The van der Waals surface area contributed by atoms with E-state index in [2.05, 4.69) is 9.97 Å². The molecular formula is C16H13N3O3. The van der Waals surface area contributed by atoms with Gasteiger partial charge in [-0.25, -0.2) is 4.98 Å². The van der Waals surface area contributed by atoms with Gasteiger partial charge in [-0.1, -0.05) is 12.1 Å². The number of aromatic amines is 1. The van der Waals surface area contributed by atoms with Crippen LogP contribution in [0.4, 0.5) is 5.69 Å². The largest absolute Gasteiger partial charge is 0.497 e. The molecule has 0 spiro atoms. The first-order valence-electron chi connectivity index (χ1n) is 6.62. The Kier molecular flexibility index (Phi) is 3.57. The van der Waals surface area contributed by atoms with Crippen molar-refractivity contribution >= 4 is 5.69 Å². The lowest BCUT2D eigenvalue weighted by Gasteiger charge is -2.01. The van der Waals surface area contributed by atoms with Gasteiger partial charge in [0.25, 0.3) is 5.69 Å². The summed E-state index contributed by atoms with van der Waals surface area (Å²) in [7, 11) is 1.61. The Hall–Kier alpha value is -3.15. The number of hydrogen-bond acceptors (Lipinski definition) is 4. The van der Waals surface area contributed by atoms with Crippen LogP contribution < -0.4 is 4.74 Å². The fourth-order valence-corrected chi connectivity index (χ4v) is 2.21. The quantitative estimate of drug-likeness (QED) is 0.588. The van der Waals surface area contributed by atoms with Crippen LogP contribution in [0.1, 0.15) is 0 Å². The first kappa shape index (κ1) is 13.8. The minimum Gasteiger partial charge on any atom is -0.497 e. The molecule has 0 saturated carbocycles. The lowest BCUT2D eigenvalue weighted by molar-refractivity contribution is -0.384. The Morgan fingerprint density at radius 3 is 2.55 bits per heavy atom. The van der Waals surface area contributed by atoms with E-state index in [4.69, 9.17) is 4.74 Å². The summed E-state index contributed by atoms with van der Waals surface area (Å²) in [5.41, 5.74) is 2.05. The normalized spacial score (nSPS) is 10.4. The number of imidazole rings is 1. The summed E-state index contributed by atoms with van der Waals surface area (Å²) in [6.45, 7) is 0. The number of H-pyrrole nitrogens is 1. The molecule has 110 valence electrons. The van der Waals surface area contributed by atoms with Gasteiger partial charge in [-0.3, -0.25) is 10.1 Å². The molecule has 3 rings (SSSR count). The number of ether oxygens (including phenoxy) is 1.